The van der Waals surface area contributed by atoms with Gasteiger partial charge in [-0.1, -0.05) is 6.07 Å². The molecule has 2 aromatic carbocycles. The van der Waals surface area contributed by atoms with Crippen molar-refractivity contribution in [2.24, 2.45) is 0 Å². The number of hydrogen-bond donors (Lipinski definition) is 3. The highest BCUT2D eigenvalue weighted by atomic mass is 31.2. The fraction of sp³-hybridized carbons (Fsp3) is 0.294. The van der Waals surface area contributed by atoms with Crippen molar-refractivity contribution in [3.8, 4) is 11.5 Å². The molecule has 0 spiro atoms. The maximum absolute atomic E-state index is 13.4. The van der Waals surface area contributed by atoms with E-state index in [1.807, 2.05) is 0 Å². The minimum atomic E-state index is -3.82. The van der Waals surface area contributed by atoms with Crippen molar-refractivity contribution in [1.82, 2.24) is 0 Å². The van der Waals surface area contributed by atoms with Gasteiger partial charge in [0.1, 0.15) is 11.5 Å². The van der Waals surface area contributed by atoms with E-state index in [4.69, 9.17) is 9.05 Å². The zero-order chi connectivity index (χ0) is 20.0. The molecule has 0 saturated carbocycles. The minimum absolute atomic E-state index is 0.0865. The van der Waals surface area contributed by atoms with Gasteiger partial charge in [0.25, 0.3) is 5.69 Å². The molecule has 1 unspecified atom stereocenters. The molecule has 0 aliphatic carbocycles. The van der Waals surface area contributed by atoms with Crippen LogP contribution >= 0.6 is 7.60 Å². The Morgan fingerprint density at radius 2 is 1.81 bits per heavy atom. The lowest BCUT2D eigenvalue weighted by molar-refractivity contribution is -0.384. The largest absolute Gasteiger partial charge is 0.508 e. The van der Waals surface area contributed by atoms with Gasteiger partial charge >= 0.3 is 7.60 Å². The summed E-state index contributed by atoms with van der Waals surface area (Å²) in [4.78, 5) is 10.5. The van der Waals surface area contributed by atoms with Crippen LogP contribution in [0.25, 0.3) is 0 Å². The SMILES string of the molecule is CCOP(=O)(OCC)C(Nc1cccc([N+](=O)[O-])c1)c1ccc(O)cc1O. The van der Waals surface area contributed by atoms with Crippen LogP contribution in [0.3, 0.4) is 0 Å². The lowest BCUT2D eigenvalue weighted by Gasteiger charge is -2.28. The third kappa shape index (κ3) is 4.97. The van der Waals surface area contributed by atoms with Gasteiger partial charge in [0.2, 0.25) is 0 Å². The van der Waals surface area contributed by atoms with Crippen LogP contribution in [-0.4, -0.2) is 28.4 Å². The summed E-state index contributed by atoms with van der Waals surface area (Å²) in [7, 11) is -3.82. The van der Waals surface area contributed by atoms with Gasteiger partial charge in [0, 0.05) is 29.4 Å². The maximum Gasteiger partial charge on any atom is 0.357 e. The van der Waals surface area contributed by atoms with E-state index in [1.54, 1.807) is 19.9 Å². The summed E-state index contributed by atoms with van der Waals surface area (Å²) >= 11 is 0. The van der Waals surface area contributed by atoms with E-state index in [0.29, 0.717) is 5.69 Å². The van der Waals surface area contributed by atoms with Crippen molar-refractivity contribution < 1.29 is 28.7 Å². The number of nitrogens with one attached hydrogen (secondary N) is 1. The van der Waals surface area contributed by atoms with Crippen LogP contribution in [0.5, 0.6) is 11.5 Å². The molecule has 0 fully saturated rings. The maximum atomic E-state index is 13.4. The molecule has 0 aliphatic rings. The number of nitro benzene ring substituents is 1. The molecule has 1 atom stereocenters. The van der Waals surface area contributed by atoms with Crippen LogP contribution in [0.1, 0.15) is 25.2 Å². The van der Waals surface area contributed by atoms with Crippen molar-refractivity contribution >= 4 is 19.0 Å². The standard InChI is InChI=1S/C17H21N2O7P/c1-3-25-27(24,26-4-2)17(15-9-8-14(20)11-16(15)21)18-12-6-5-7-13(10-12)19(22)23/h5-11,17-18,20-21H,3-4H2,1-2H3. The molecular formula is C17H21N2O7P. The Balaban J connectivity index is 2.53. The Bertz CT molecular complexity index is 849. The molecule has 0 aliphatic heterocycles. The number of nitro groups is 1. The number of nitrogens with zero attached hydrogens (tertiary/aromatic N) is 1. The zero-order valence-corrected chi connectivity index (χ0v) is 15.8. The average Bonchev–Trinajstić information content (AvgIpc) is 2.61. The van der Waals surface area contributed by atoms with Crippen LogP contribution in [-0.2, 0) is 13.6 Å². The summed E-state index contributed by atoms with van der Waals surface area (Å²) < 4.78 is 24.1. The van der Waals surface area contributed by atoms with Gasteiger partial charge in [-0.2, -0.15) is 0 Å². The summed E-state index contributed by atoms with van der Waals surface area (Å²) in [6.07, 6.45) is 0. The van der Waals surface area contributed by atoms with Crippen molar-refractivity contribution in [3.05, 3.63) is 58.1 Å². The van der Waals surface area contributed by atoms with Gasteiger partial charge in [-0.25, -0.2) is 0 Å². The molecule has 10 heteroatoms. The van der Waals surface area contributed by atoms with Crippen molar-refractivity contribution in [3.63, 3.8) is 0 Å². The number of aromatic hydroxyl groups is 2. The summed E-state index contributed by atoms with van der Waals surface area (Å²) in [5.74, 6) is -1.65. The van der Waals surface area contributed by atoms with Crippen LogP contribution < -0.4 is 5.32 Å². The van der Waals surface area contributed by atoms with E-state index in [1.165, 1.54) is 30.3 Å². The van der Waals surface area contributed by atoms with Gasteiger partial charge in [0.05, 0.1) is 18.1 Å². The molecule has 9 nitrogen and oxygen atoms in total. The lowest BCUT2D eigenvalue weighted by Crippen LogP contribution is -2.15. The molecule has 27 heavy (non-hydrogen) atoms. The number of rotatable bonds is 9. The zero-order valence-electron chi connectivity index (χ0n) is 14.9. The fourth-order valence-corrected chi connectivity index (χ4v) is 4.46. The molecule has 0 heterocycles. The normalized spacial score (nSPS) is 12.5. The van der Waals surface area contributed by atoms with E-state index in [2.05, 4.69) is 5.32 Å². The molecule has 3 N–H and O–H groups in total. The smallest absolute Gasteiger partial charge is 0.357 e. The van der Waals surface area contributed by atoms with Crippen LogP contribution in [0.2, 0.25) is 0 Å². The number of hydrogen-bond acceptors (Lipinski definition) is 8. The third-order valence-electron chi connectivity index (χ3n) is 3.60. The van der Waals surface area contributed by atoms with Crippen LogP contribution in [0, 0.1) is 10.1 Å². The first kappa shape index (κ1) is 20.7. The van der Waals surface area contributed by atoms with E-state index >= 15 is 0 Å². The molecule has 0 aromatic heterocycles. The van der Waals surface area contributed by atoms with E-state index in [-0.39, 0.29) is 36.0 Å². The molecule has 2 rings (SSSR count). The average molecular weight is 396 g/mol. The number of benzene rings is 2. The highest BCUT2D eigenvalue weighted by Gasteiger charge is 2.38. The fourth-order valence-electron chi connectivity index (χ4n) is 2.50. The Morgan fingerprint density at radius 1 is 1.15 bits per heavy atom. The molecule has 0 bridgehead atoms. The molecule has 0 saturated heterocycles. The molecule has 0 amide bonds. The second kappa shape index (κ2) is 8.85. The summed E-state index contributed by atoms with van der Waals surface area (Å²) in [5.41, 5.74) is 0.294. The molecular weight excluding hydrogens is 375 g/mol. The monoisotopic (exact) mass is 396 g/mol. The first-order valence-electron chi connectivity index (χ1n) is 8.22. The predicted octanol–water partition coefficient (Wildman–Crippen LogP) is 4.38. The number of phenolic OH excluding ortho intramolecular Hbond substituents is 2. The van der Waals surface area contributed by atoms with Gasteiger partial charge in [-0.3, -0.25) is 14.7 Å². The second-order valence-corrected chi connectivity index (χ2v) is 7.59. The number of non-ortho nitro benzene ring substituents is 1. The Morgan fingerprint density at radius 3 is 2.37 bits per heavy atom. The lowest BCUT2D eigenvalue weighted by atomic mass is 10.1. The van der Waals surface area contributed by atoms with Crippen molar-refractivity contribution in [2.45, 2.75) is 19.6 Å². The Kier molecular flexibility index (Phi) is 6.79. The highest BCUT2D eigenvalue weighted by Crippen LogP contribution is 2.62. The van der Waals surface area contributed by atoms with Crippen LogP contribution in [0.4, 0.5) is 11.4 Å². The van der Waals surface area contributed by atoms with Gasteiger partial charge in [-0.05, 0) is 32.0 Å². The van der Waals surface area contributed by atoms with Gasteiger partial charge in [-0.15, -0.1) is 0 Å². The predicted molar refractivity (Wildman–Crippen MR) is 100 cm³/mol. The summed E-state index contributed by atoms with van der Waals surface area (Å²) in [5, 5.41) is 33.7. The third-order valence-corrected chi connectivity index (χ3v) is 5.88. The highest BCUT2D eigenvalue weighted by molar-refractivity contribution is 7.54. The number of phenols is 2. The van der Waals surface area contributed by atoms with Gasteiger partial charge in [0.15, 0.2) is 5.78 Å². The van der Waals surface area contributed by atoms with Crippen molar-refractivity contribution in [1.29, 1.82) is 0 Å². The van der Waals surface area contributed by atoms with Crippen molar-refractivity contribution in [2.75, 3.05) is 18.5 Å². The Hall–Kier alpha value is -2.61. The van der Waals surface area contributed by atoms with E-state index in [0.717, 1.165) is 6.07 Å². The molecule has 0 radical (unpaired) electrons. The topological polar surface area (TPSA) is 131 Å². The Labute approximate surface area is 156 Å². The first-order chi connectivity index (χ1) is 12.8. The second-order valence-electron chi connectivity index (χ2n) is 5.47. The van der Waals surface area contributed by atoms with Crippen LogP contribution in [0.15, 0.2) is 42.5 Å². The molecule has 2 aromatic rings. The summed E-state index contributed by atoms with van der Waals surface area (Å²) in [6.45, 7) is 3.46. The molecule has 146 valence electrons. The number of anilines is 1. The van der Waals surface area contributed by atoms with E-state index in [9.17, 15) is 24.9 Å². The first-order valence-corrected chi connectivity index (χ1v) is 9.83. The summed E-state index contributed by atoms with van der Waals surface area (Å²) in [6, 6.07) is 9.42. The quantitative estimate of drug-likeness (QED) is 0.323. The minimum Gasteiger partial charge on any atom is -0.508 e. The van der Waals surface area contributed by atoms with Gasteiger partial charge < -0.3 is 24.6 Å². The van der Waals surface area contributed by atoms with E-state index < -0.39 is 18.3 Å².